The maximum Gasteiger partial charge on any atom is 0.231 e. The van der Waals surface area contributed by atoms with E-state index in [1.54, 1.807) is 0 Å². The number of nitrogens with zero attached hydrogens (tertiary/aromatic N) is 2. The Labute approximate surface area is 81.8 Å². The summed E-state index contributed by atoms with van der Waals surface area (Å²) in [6.07, 6.45) is 6.66. The Morgan fingerprint density at radius 1 is 1.38 bits per heavy atom. The lowest BCUT2D eigenvalue weighted by Crippen LogP contribution is -1.87. The Balaban J connectivity index is 2.00. The highest BCUT2D eigenvalue weighted by Gasteiger charge is 2.10. The quantitative estimate of drug-likeness (QED) is 0.553. The summed E-state index contributed by atoms with van der Waals surface area (Å²) >= 11 is 5.55. The van der Waals surface area contributed by atoms with Crippen molar-refractivity contribution in [1.29, 1.82) is 0 Å². The SMILES string of the molecule is ClCc1nnc(CC2=CCCC2)o1. The van der Waals surface area contributed by atoms with Crippen molar-refractivity contribution < 1.29 is 4.42 Å². The summed E-state index contributed by atoms with van der Waals surface area (Å²) in [4.78, 5) is 0. The second-order valence-corrected chi connectivity index (χ2v) is 3.42. The van der Waals surface area contributed by atoms with Crippen LogP contribution in [-0.2, 0) is 12.3 Å². The van der Waals surface area contributed by atoms with Crippen LogP contribution in [0.5, 0.6) is 0 Å². The molecule has 0 amide bonds. The minimum Gasteiger partial charge on any atom is -0.424 e. The lowest BCUT2D eigenvalue weighted by molar-refractivity contribution is 0.471. The third-order valence-corrected chi connectivity index (χ3v) is 2.36. The average molecular weight is 199 g/mol. The summed E-state index contributed by atoms with van der Waals surface area (Å²) < 4.78 is 5.30. The van der Waals surface area contributed by atoms with Gasteiger partial charge in [-0.3, -0.25) is 0 Å². The van der Waals surface area contributed by atoms with Crippen LogP contribution >= 0.6 is 11.6 Å². The van der Waals surface area contributed by atoms with E-state index in [1.807, 2.05) is 0 Å². The zero-order chi connectivity index (χ0) is 9.10. The molecule has 0 aromatic carbocycles. The van der Waals surface area contributed by atoms with Gasteiger partial charge in [0, 0.05) is 6.42 Å². The van der Waals surface area contributed by atoms with Crippen LogP contribution in [0.15, 0.2) is 16.1 Å². The van der Waals surface area contributed by atoms with Gasteiger partial charge in [-0.05, 0) is 19.3 Å². The first kappa shape index (κ1) is 8.75. The van der Waals surface area contributed by atoms with Crippen molar-refractivity contribution in [2.24, 2.45) is 0 Å². The molecule has 1 aromatic rings. The summed E-state index contributed by atoms with van der Waals surface area (Å²) in [5, 5.41) is 7.71. The molecule has 0 bridgehead atoms. The van der Waals surface area contributed by atoms with Gasteiger partial charge in [-0.25, -0.2) is 0 Å². The van der Waals surface area contributed by atoms with Crippen LogP contribution in [0.1, 0.15) is 31.0 Å². The number of alkyl halides is 1. The Morgan fingerprint density at radius 2 is 2.23 bits per heavy atom. The van der Waals surface area contributed by atoms with Gasteiger partial charge in [-0.15, -0.1) is 21.8 Å². The molecule has 4 heteroatoms. The standard InChI is InChI=1S/C9H11ClN2O/c10-6-9-12-11-8(13-9)5-7-3-1-2-4-7/h3H,1-2,4-6H2. The van der Waals surface area contributed by atoms with Crippen LogP contribution < -0.4 is 0 Å². The summed E-state index contributed by atoms with van der Waals surface area (Å²) in [7, 11) is 0. The van der Waals surface area contributed by atoms with E-state index >= 15 is 0 Å². The van der Waals surface area contributed by atoms with Gasteiger partial charge in [0.15, 0.2) is 0 Å². The maximum absolute atomic E-state index is 5.55. The van der Waals surface area contributed by atoms with Gasteiger partial charge in [-0.2, -0.15) is 0 Å². The van der Waals surface area contributed by atoms with E-state index in [4.69, 9.17) is 16.0 Å². The van der Waals surface area contributed by atoms with Gasteiger partial charge in [-0.1, -0.05) is 11.6 Å². The average Bonchev–Trinajstić information content (AvgIpc) is 2.76. The molecular formula is C9H11ClN2O. The molecule has 0 radical (unpaired) electrons. The normalized spacial score (nSPS) is 16.2. The number of allylic oxidation sites excluding steroid dienone is 2. The van der Waals surface area contributed by atoms with Gasteiger partial charge < -0.3 is 4.42 Å². The number of hydrogen-bond acceptors (Lipinski definition) is 3. The predicted octanol–water partition coefficient (Wildman–Crippen LogP) is 2.46. The van der Waals surface area contributed by atoms with Crippen molar-refractivity contribution in [3.63, 3.8) is 0 Å². The molecule has 70 valence electrons. The van der Waals surface area contributed by atoms with E-state index in [0.29, 0.717) is 17.7 Å². The van der Waals surface area contributed by atoms with Crippen molar-refractivity contribution in [3.05, 3.63) is 23.4 Å². The van der Waals surface area contributed by atoms with Crippen LogP contribution in [0.25, 0.3) is 0 Å². The summed E-state index contributed by atoms with van der Waals surface area (Å²) in [5.74, 6) is 1.49. The molecule has 13 heavy (non-hydrogen) atoms. The highest BCUT2D eigenvalue weighted by molar-refractivity contribution is 6.16. The minimum absolute atomic E-state index is 0.298. The topological polar surface area (TPSA) is 38.9 Å². The largest absolute Gasteiger partial charge is 0.424 e. The molecule has 0 fully saturated rings. The first-order valence-corrected chi connectivity index (χ1v) is 4.97. The van der Waals surface area contributed by atoms with Crippen molar-refractivity contribution in [2.45, 2.75) is 31.6 Å². The molecule has 1 heterocycles. The van der Waals surface area contributed by atoms with E-state index in [2.05, 4.69) is 16.3 Å². The molecule has 3 nitrogen and oxygen atoms in total. The number of hydrogen-bond donors (Lipinski definition) is 0. The predicted molar refractivity (Wildman–Crippen MR) is 49.5 cm³/mol. The highest BCUT2D eigenvalue weighted by atomic mass is 35.5. The zero-order valence-electron chi connectivity index (χ0n) is 7.29. The lowest BCUT2D eigenvalue weighted by atomic mass is 10.2. The van der Waals surface area contributed by atoms with Crippen LogP contribution in [-0.4, -0.2) is 10.2 Å². The van der Waals surface area contributed by atoms with Gasteiger partial charge in [0.25, 0.3) is 0 Å². The Kier molecular flexibility index (Phi) is 2.64. The van der Waals surface area contributed by atoms with Crippen LogP contribution in [0, 0.1) is 0 Å². The zero-order valence-corrected chi connectivity index (χ0v) is 8.05. The molecule has 0 unspecified atom stereocenters. The summed E-state index contributed by atoms with van der Waals surface area (Å²) in [5.41, 5.74) is 1.41. The number of aromatic nitrogens is 2. The molecule has 0 saturated heterocycles. The van der Waals surface area contributed by atoms with E-state index in [-0.39, 0.29) is 0 Å². The van der Waals surface area contributed by atoms with Gasteiger partial charge in [0.1, 0.15) is 5.88 Å². The number of rotatable bonds is 3. The molecule has 2 rings (SSSR count). The fourth-order valence-corrected chi connectivity index (χ4v) is 1.61. The lowest BCUT2D eigenvalue weighted by Gasteiger charge is -1.94. The van der Waals surface area contributed by atoms with Crippen molar-refractivity contribution in [3.8, 4) is 0 Å². The van der Waals surface area contributed by atoms with E-state index in [1.165, 1.54) is 24.8 Å². The summed E-state index contributed by atoms with van der Waals surface area (Å²) in [6.45, 7) is 0. The molecule has 0 atom stereocenters. The molecule has 0 aliphatic heterocycles. The van der Waals surface area contributed by atoms with Crippen molar-refractivity contribution >= 4 is 11.6 Å². The van der Waals surface area contributed by atoms with Gasteiger partial charge in [0.05, 0.1) is 0 Å². The molecular weight excluding hydrogens is 188 g/mol. The first-order chi connectivity index (χ1) is 6.38. The third-order valence-electron chi connectivity index (χ3n) is 2.14. The minimum atomic E-state index is 0.298. The molecule has 1 aliphatic carbocycles. The van der Waals surface area contributed by atoms with Crippen molar-refractivity contribution in [1.82, 2.24) is 10.2 Å². The fourth-order valence-electron chi connectivity index (χ4n) is 1.51. The molecule has 1 aromatic heterocycles. The Hall–Kier alpha value is -0.830. The van der Waals surface area contributed by atoms with Gasteiger partial charge in [0.2, 0.25) is 11.8 Å². The van der Waals surface area contributed by atoms with E-state index < -0.39 is 0 Å². The third kappa shape index (κ3) is 2.10. The first-order valence-electron chi connectivity index (χ1n) is 4.43. The van der Waals surface area contributed by atoms with E-state index in [9.17, 15) is 0 Å². The van der Waals surface area contributed by atoms with Gasteiger partial charge >= 0.3 is 0 Å². The monoisotopic (exact) mass is 198 g/mol. The molecule has 0 saturated carbocycles. The van der Waals surface area contributed by atoms with Crippen LogP contribution in [0.2, 0.25) is 0 Å². The fraction of sp³-hybridized carbons (Fsp3) is 0.556. The molecule has 0 spiro atoms. The second kappa shape index (κ2) is 3.92. The van der Waals surface area contributed by atoms with Crippen LogP contribution in [0.4, 0.5) is 0 Å². The Morgan fingerprint density at radius 3 is 2.85 bits per heavy atom. The smallest absolute Gasteiger partial charge is 0.231 e. The molecule has 0 N–H and O–H groups in total. The highest BCUT2D eigenvalue weighted by Crippen LogP contribution is 2.21. The second-order valence-electron chi connectivity index (χ2n) is 3.15. The maximum atomic E-state index is 5.55. The van der Waals surface area contributed by atoms with E-state index in [0.717, 1.165) is 6.42 Å². The number of halogens is 1. The van der Waals surface area contributed by atoms with Crippen molar-refractivity contribution in [2.75, 3.05) is 0 Å². The molecule has 1 aliphatic rings. The van der Waals surface area contributed by atoms with Crippen LogP contribution in [0.3, 0.4) is 0 Å². The Bertz CT molecular complexity index is 319. The summed E-state index contributed by atoms with van der Waals surface area (Å²) in [6, 6.07) is 0.